The third kappa shape index (κ3) is 4.64. The summed E-state index contributed by atoms with van der Waals surface area (Å²) in [5.41, 5.74) is 2.42. The van der Waals surface area contributed by atoms with Gasteiger partial charge in [0.1, 0.15) is 15.5 Å². The molecule has 5 heterocycles. The topological polar surface area (TPSA) is 117 Å². The van der Waals surface area contributed by atoms with Gasteiger partial charge in [-0.25, -0.2) is 14.8 Å². The van der Waals surface area contributed by atoms with Gasteiger partial charge in [-0.3, -0.25) is 14.5 Å². The molecule has 10 nitrogen and oxygen atoms in total. The van der Waals surface area contributed by atoms with Gasteiger partial charge in [-0.05, 0) is 49.6 Å². The Balaban J connectivity index is 1.29. The minimum atomic E-state index is -0.408. The molecule has 1 atom stereocenters. The number of nitrogens with zero attached hydrogens (tertiary/aromatic N) is 4. The highest BCUT2D eigenvalue weighted by molar-refractivity contribution is 7.21. The number of amides is 4. The molecule has 0 saturated carbocycles. The maximum atomic E-state index is 13.5. The van der Waals surface area contributed by atoms with Crippen LogP contribution in [0.5, 0.6) is 11.6 Å². The molecule has 6 rings (SSSR count). The van der Waals surface area contributed by atoms with Crippen LogP contribution in [0.1, 0.15) is 28.1 Å². The van der Waals surface area contributed by atoms with Crippen molar-refractivity contribution in [2.45, 2.75) is 25.8 Å². The van der Waals surface area contributed by atoms with E-state index in [0.29, 0.717) is 56.9 Å². The monoisotopic (exact) mass is 554 g/mol. The number of ether oxygens (including phenoxy) is 1. The van der Waals surface area contributed by atoms with E-state index in [1.807, 2.05) is 37.3 Å². The smallest absolute Gasteiger partial charge is 0.331 e. The van der Waals surface area contributed by atoms with Crippen molar-refractivity contribution in [3.8, 4) is 11.6 Å². The summed E-state index contributed by atoms with van der Waals surface area (Å²) in [6.07, 6.45) is 6.05. The molecular formula is C29H26N6O4S. The van der Waals surface area contributed by atoms with E-state index in [1.54, 1.807) is 34.3 Å². The number of thiophene rings is 1. The van der Waals surface area contributed by atoms with Gasteiger partial charge < -0.3 is 20.3 Å². The number of rotatable bonds is 6. The van der Waals surface area contributed by atoms with Gasteiger partial charge in [0.2, 0.25) is 11.8 Å². The van der Waals surface area contributed by atoms with Crippen LogP contribution < -0.4 is 20.3 Å². The van der Waals surface area contributed by atoms with E-state index in [0.717, 1.165) is 18.4 Å². The first kappa shape index (κ1) is 25.5. The van der Waals surface area contributed by atoms with Gasteiger partial charge in [0.05, 0.1) is 28.6 Å². The molecule has 0 radical (unpaired) electrons. The van der Waals surface area contributed by atoms with Gasteiger partial charge >= 0.3 is 6.03 Å². The quantitative estimate of drug-likeness (QED) is 0.309. The SMILES string of the molecule is C=CC(=O)N1CCCC(NC(=O)c2sc3nccc4c3c2NC(=O)N4c2cnc(Oc3ccccc3)cc2C)C1. The van der Waals surface area contributed by atoms with Crippen LogP contribution in [0.3, 0.4) is 0 Å². The molecule has 40 heavy (non-hydrogen) atoms. The number of para-hydroxylation sites is 1. The van der Waals surface area contributed by atoms with E-state index in [4.69, 9.17) is 4.74 Å². The van der Waals surface area contributed by atoms with E-state index < -0.39 is 6.03 Å². The summed E-state index contributed by atoms with van der Waals surface area (Å²) in [6, 6.07) is 12.3. The number of hydrogen-bond acceptors (Lipinski definition) is 7. The average molecular weight is 555 g/mol. The molecule has 1 unspecified atom stereocenters. The molecule has 4 amide bonds. The molecule has 1 aromatic carbocycles. The van der Waals surface area contributed by atoms with Crippen LogP contribution in [-0.4, -0.2) is 51.8 Å². The molecule has 2 N–H and O–H groups in total. The number of aromatic nitrogens is 2. The van der Waals surface area contributed by atoms with Crippen molar-refractivity contribution in [2.24, 2.45) is 0 Å². The zero-order valence-corrected chi connectivity index (χ0v) is 22.5. The van der Waals surface area contributed by atoms with Crippen LogP contribution >= 0.6 is 11.3 Å². The highest BCUT2D eigenvalue weighted by Crippen LogP contribution is 2.46. The Kier molecular flexibility index (Phi) is 6.64. The fourth-order valence-electron chi connectivity index (χ4n) is 5.08. The lowest BCUT2D eigenvalue weighted by molar-refractivity contribution is -0.127. The Labute approximate surface area is 234 Å². The predicted molar refractivity (Wildman–Crippen MR) is 154 cm³/mol. The highest BCUT2D eigenvalue weighted by Gasteiger charge is 2.34. The van der Waals surface area contributed by atoms with Gasteiger partial charge in [0.25, 0.3) is 5.91 Å². The van der Waals surface area contributed by atoms with Crippen LogP contribution in [-0.2, 0) is 4.79 Å². The van der Waals surface area contributed by atoms with E-state index in [-0.39, 0.29) is 17.9 Å². The van der Waals surface area contributed by atoms with Crippen molar-refractivity contribution in [1.29, 1.82) is 0 Å². The molecule has 202 valence electrons. The van der Waals surface area contributed by atoms with Gasteiger partial charge in [-0.1, -0.05) is 24.8 Å². The molecule has 11 heteroatoms. The van der Waals surface area contributed by atoms with Crippen molar-refractivity contribution in [3.63, 3.8) is 0 Å². The first-order valence-corrected chi connectivity index (χ1v) is 13.7. The number of aryl methyl sites for hydroxylation is 1. The standard InChI is InChI=1S/C29H26N6O4S/c1-3-23(36)34-13-7-8-18(16-34)32-27(37)26-25-24-20(11-12-30-28(24)40-26)35(29(38)33-25)21-15-31-22(14-17(21)2)39-19-9-5-4-6-10-19/h3-6,9-12,14-15,18H,1,7-8,13,16H2,2H3,(H,32,37)(H,33,38). The lowest BCUT2D eigenvalue weighted by Crippen LogP contribution is -2.49. The number of piperidine rings is 1. The average Bonchev–Trinajstić information content (AvgIpc) is 3.33. The van der Waals surface area contributed by atoms with Crippen molar-refractivity contribution in [3.05, 3.63) is 78.0 Å². The van der Waals surface area contributed by atoms with Crippen molar-refractivity contribution in [1.82, 2.24) is 20.2 Å². The molecule has 3 aromatic heterocycles. The number of benzene rings is 1. The Hall–Kier alpha value is -4.77. The summed E-state index contributed by atoms with van der Waals surface area (Å²) in [5.74, 6) is 0.615. The maximum Gasteiger partial charge on any atom is 0.331 e. The zero-order chi connectivity index (χ0) is 27.8. The number of carbonyl (C=O) groups excluding carboxylic acids is 3. The van der Waals surface area contributed by atoms with Gasteiger partial charge in [0, 0.05) is 31.4 Å². The third-order valence-electron chi connectivity index (χ3n) is 6.96. The van der Waals surface area contributed by atoms with E-state index in [1.165, 1.54) is 17.4 Å². The first-order valence-electron chi connectivity index (χ1n) is 12.9. The Morgan fingerprint density at radius 2 is 2.02 bits per heavy atom. The normalized spacial score (nSPS) is 16.4. The fraction of sp³-hybridized carbons (Fsp3) is 0.207. The summed E-state index contributed by atoms with van der Waals surface area (Å²) in [4.78, 5) is 52.1. The summed E-state index contributed by atoms with van der Waals surface area (Å²) in [7, 11) is 0. The number of hydrogen-bond donors (Lipinski definition) is 2. The van der Waals surface area contributed by atoms with E-state index in [2.05, 4.69) is 27.2 Å². The summed E-state index contributed by atoms with van der Waals surface area (Å²) in [5, 5.41) is 6.65. The summed E-state index contributed by atoms with van der Waals surface area (Å²) in [6.45, 7) is 6.49. The summed E-state index contributed by atoms with van der Waals surface area (Å²) < 4.78 is 5.85. The Morgan fingerprint density at radius 3 is 2.80 bits per heavy atom. The number of urea groups is 1. The molecular weight excluding hydrogens is 528 g/mol. The lowest BCUT2D eigenvalue weighted by Gasteiger charge is -2.32. The Morgan fingerprint density at radius 1 is 1.20 bits per heavy atom. The molecule has 0 bridgehead atoms. The van der Waals surface area contributed by atoms with Gasteiger partial charge in [0.15, 0.2) is 0 Å². The van der Waals surface area contributed by atoms with Gasteiger partial charge in [-0.2, -0.15) is 0 Å². The van der Waals surface area contributed by atoms with Crippen molar-refractivity contribution < 1.29 is 19.1 Å². The number of nitrogens with one attached hydrogen (secondary N) is 2. The van der Waals surface area contributed by atoms with Crippen LogP contribution in [0, 0.1) is 6.92 Å². The molecule has 1 fully saturated rings. The highest BCUT2D eigenvalue weighted by atomic mass is 32.1. The predicted octanol–water partition coefficient (Wildman–Crippen LogP) is 5.38. The van der Waals surface area contributed by atoms with Crippen molar-refractivity contribution in [2.75, 3.05) is 23.3 Å². The molecule has 4 aromatic rings. The van der Waals surface area contributed by atoms with E-state index in [9.17, 15) is 14.4 Å². The van der Waals surface area contributed by atoms with Crippen LogP contribution in [0.4, 0.5) is 21.9 Å². The second-order valence-electron chi connectivity index (χ2n) is 9.61. The number of pyridine rings is 2. The zero-order valence-electron chi connectivity index (χ0n) is 21.7. The largest absolute Gasteiger partial charge is 0.439 e. The minimum Gasteiger partial charge on any atom is -0.439 e. The molecule has 2 aliphatic heterocycles. The second kappa shape index (κ2) is 10.4. The lowest BCUT2D eigenvalue weighted by atomic mass is 10.1. The van der Waals surface area contributed by atoms with Gasteiger partial charge in [-0.15, -0.1) is 11.3 Å². The third-order valence-corrected chi connectivity index (χ3v) is 8.06. The Bertz CT molecular complexity index is 1650. The summed E-state index contributed by atoms with van der Waals surface area (Å²) >= 11 is 1.22. The number of anilines is 3. The molecule has 1 saturated heterocycles. The molecule has 0 spiro atoms. The van der Waals surface area contributed by atoms with Crippen LogP contribution in [0.25, 0.3) is 10.2 Å². The number of likely N-dealkylation sites (tertiary alicyclic amines) is 1. The van der Waals surface area contributed by atoms with E-state index >= 15 is 0 Å². The van der Waals surface area contributed by atoms with Crippen LogP contribution in [0.15, 0.2) is 67.5 Å². The van der Waals surface area contributed by atoms with Crippen LogP contribution in [0.2, 0.25) is 0 Å². The molecule has 2 aliphatic rings. The first-order chi connectivity index (χ1) is 19.4. The van der Waals surface area contributed by atoms with Crippen molar-refractivity contribution >= 4 is 56.5 Å². The molecule has 0 aliphatic carbocycles. The second-order valence-corrected chi connectivity index (χ2v) is 10.6. The minimum absolute atomic E-state index is 0.151. The fourth-order valence-corrected chi connectivity index (χ4v) is 6.10. The maximum absolute atomic E-state index is 13.5. The number of carbonyl (C=O) groups is 3.